The third-order valence-electron chi connectivity index (χ3n) is 6.70. The van der Waals surface area contributed by atoms with Gasteiger partial charge in [-0.2, -0.15) is 0 Å². The molecule has 1 saturated heterocycles. The van der Waals surface area contributed by atoms with Gasteiger partial charge in [0.25, 0.3) is 0 Å². The van der Waals surface area contributed by atoms with Gasteiger partial charge in [0, 0.05) is 26.2 Å². The van der Waals surface area contributed by atoms with Crippen molar-refractivity contribution in [3.63, 3.8) is 0 Å². The van der Waals surface area contributed by atoms with E-state index in [1.165, 1.54) is 19.3 Å². The zero-order valence-electron chi connectivity index (χ0n) is 14.5. The summed E-state index contributed by atoms with van der Waals surface area (Å²) in [5, 5.41) is 9.70. The van der Waals surface area contributed by atoms with Crippen molar-refractivity contribution in [1.82, 2.24) is 9.80 Å². The Kier molecular flexibility index (Phi) is 4.68. The zero-order valence-corrected chi connectivity index (χ0v) is 14.5. The SMILES string of the molecule is CC(C(=O)N(C)C1CCCCC1)N1C[C@@H]2CCC[C@@]2(C(=O)O)C1. The van der Waals surface area contributed by atoms with Crippen LogP contribution < -0.4 is 0 Å². The lowest BCUT2D eigenvalue weighted by molar-refractivity contribution is -0.150. The minimum absolute atomic E-state index is 0.164. The monoisotopic (exact) mass is 322 g/mol. The third kappa shape index (κ3) is 2.88. The van der Waals surface area contributed by atoms with Crippen LogP contribution in [0, 0.1) is 11.3 Å². The van der Waals surface area contributed by atoms with Crippen molar-refractivity contribution in [2.24, 2.45) is 11.3 Å². The summed E-state index contributed by atoms with van der Waals surface area (Å²) in [5.41, 5.74) is -0.599. The summed E-state index contributed by atoms with van der Waals surface area (Å²) in [6, 6.07) is 0.165. The van der Waals surface area contributed by atoms with E-state index < -0.39 is 11.4 Å². The van der Waals surface area contributed by atoms with Crippen molar-refractivity contribution >= 4 is 11.9 Å². The molecule has 0 aromatic rings. The smallest absolute Gasteiger partial charge is 0.311 e. The van der Waals surface area contributed by atoms with E-state index in [1.807, 2.05) is 18.9 Å². The number of likely N-dealkylation sites (N-methyl/N-ethyl adjacent to an activating group) is 1. The standard InChI is InChI=1S/C18H30N2O3/c1-13(16(21)19(2)15-8-4-3-5-9-15)20-11-14-7-6-10-18(14,12-20)17(22)23/h13-15H,3-12H2,1-2H3,(H,22,23)/t13?,14-,18+/m0/s1. The molecule has 1 amide bonds. The fourth-order valence-corrected chi connectivity index (χ4v) is 5.07. The fraction of sp³-hybridized carbons (Fsp3) is 0.889. The first kappa shape index (κ1) is 16.7. The molecule has 3 rings (SSSR count). The largest absolute Gasteiger partial charge is 0.481 e. The summed E-state index contributed by atoms with van der Waals surface area (Å²) in [4.78, 5) is 28.7. The number of carbonyl (C=O) groups excluding carboxylic acids is 1. The average molecular weight is 322 g/mol. The van der Waals surface area contributed by atoms with E-state index in [4.69, 9.17) is 0 Å². The lowest BCUT2D eigenvalue weighted by atomic mass is 9.81. The van der Waals surface area contributed by atoms with Crippen molar-refractivity contribution in [3.05, 3.63) is 0 Å². The normalized spacial score (nSPS) is 33.4. The summed E-state index contributed by atoms with van der Waals surface area (Å²) in [7, 11) is 1.93. The van der Waals surface area contributed by atoms with E-state index in [1.54, 1.807) is 0 Å². The van der Waals surface area contributed by atoms with Crippen molar-refractivity contribution in [2.45, 2.75) is 70.4 Å². The molecular formula is C18H30N2O3. The van der Waals surface area contributed by atoms with Gasteiger partial charge >= 0.3 is 5.97 Å². The Labute approximate surface area is 139 Å². The zero-order chi connectivity index (χ0) is 16.6. The van der Waals surface area contributed by atoms with Gasteiger partial charge in [0.2, 0.25) is 5.91 Å². The van der Waals surface area contributed by atoms with Crippen LogP contribution in [0.4, 0.5) is 0 Å². The first-order chi connectivity index (χ1) is 11.0. The summed E-state index contributed by atoms with van der Waals surface area (Å²) in [5.74, 6) is -0.282. The van der Waals surface area contributed by atoms with Gasteiger partial charge in [0.15, 0.2) is 0 Å². The maximum absolute atomic E-state index is 12.9. The Morgan fingerprint density at radius 2 is 1.87 bits per heavy atom. The number of fused-ring (bicyclic) bond motifs is 1. The number of hydrogen-bond acceptors (Lipinski definition) is 3. The topological polar surface area (TPSA) is 60.9 Å². The molecule has 3 aliphatic rings. The third-order valence-corrected chi connectivity index (χ3v) is 6.70. The van der Waals surface area contributed by atoms with E-state index in [2.05, 4.69) is 4.90 Å². The van der Waals surface area contributed by atoms with Gasteiger partial charge in [-0.1, -0.05) is 25.7 Å². The van der Waals surface area contributed by atoms with Crippen LogP contribution in [-0.2, 0) is 9.59 Å². The summed E-state index contributed by atoms with van der Waals surface area (Å²) < 4.78 is 0. The second-order valence-corrected chi connectivity index (χ2v) is 7.90. The number of rotatable bonds is 4. The molecular weight excluding hydrogens is 292 g/mol. The number of likely N-dealkylation sites (tertiary alicyclic amines) is 1. The number of hydrogen-bond donors (Lipinski definition) is 1. The predicted octanol–water partition coefficient (Wildman–Crippen LogP) is 2.35. The van der Waals surface area contributed by atoms with E-state index in [9.17, 15) is 14.7 Å². The first-order valence-electron chi connectivity index (χ1n) is 9.20. The van der Waals surface area contributed by atoms with Gasteiger partial charge in [-0.05, 0) is 38.5 Å². The van der Waals surface area contributed by atoms with Gasteiger partial charge in [-0.3, -0.25) is 14.5 Å². The highest BCUT2D eigenvalue weighted by molar-refractivity contribution is 5.82. The maximum Gasteiger partial charge on any atom is 0.311 e. The lowest BCUT2D eigenvalue weighted by Crippen LogP contribution is -2.49. The molecule has 130 valence electrons. The number of carbonyl (C=O) groups is 2. The number of aliphatic carboxylic acids is 1. The molecule has 2 aliphatic carbocycles. The van der Waals surface area contributed by atoms with E-state index in [0.717, 1.165) is 38.6 Å². The minimum Gasteiger partial charge on any atom is -0.481 e. The van der Waals surface area contributed by atoms with E-state index in [-0.39, 0.29) is 17.9 Å². The van der Waals surface area contributed by atoms with Crippen molar-refractivity contribution in [3.8, 4) is 0 Å². The second kappa shape index (κ2) is 6.42. The quantitative estimate of drug-likeness (QED) is 0.863. The molecule has 23 heavy (non-hydrogen) atoms. The molecule has 1 unspecified atom stereocenters. The highest BCUT2D eigenvalue weighted by atomic mass is 16.4. The molecule has 5 nitrogen and oxygen atoms in total. The van der Waals surface area contributed by atoms with Gasteiger partial charge in [0.05, 0.1) is 11.5 Å². The van der Waals surface area contributed by atoms with Crippen LogP contribution in [0.3, 0.4) is 0 Å². The van der Waals surface area contributed by atoms with Crippen LogP contribution in [0.1, 0.15) is 58.3 Å². The maximum atomic E-state index is 12.9. The Balaban J connectivity index is 1.65. The Morgan fingerprint density at radius 1 is 1.17 bits per heavy atom. The highest BCUT2D eigenvalue weighted by Gasteiger charge is 2.56. The van der Waals surface area contributed by atoms with Crippen LogP contribution in [-0.4, -0.2) is 59.0 Å². The second-order valence-electron chi connectivity index (χ2n) is 7.90. The van der Waals surface area contributed by atoms with Crippen LogP contribution in [0.5, 0.6) is 0 Å². The number of nitrogens with zero attached hydrogens (tertiary/aromatic N) is 2. The van der Waals surface area contributed by atoms with Crippen LogP contribution in [0.2, 0.25) is 0 Å². The lowest BCUT2D eigenvalue weighted by Gasteiger charge is -2.35. The minimum atomic E-state index is -0.664. The molecule has 0 bridgehead atoms. The summed E-state index contributed by atoms with van der Waals surface area (Å²) >= 11 is 0. The Bertz CT molecular complexity index is 475. The average Bonchev–Trinajstić information content (AvgIpc) is 3.11. The van der Waals surface area contributed by atoms with Gasteiger partial charge < -0.3 is 10.0 Å². The Morgan fingerprint density at radius 3 is 2.48 bits per heavy atom. The molecule has 2 saturated carbocycles. The van der Waals surface area contributed by atoms with Crippen molar-refractivity contribution < 1.29 is 14.7 Å². The van der Waals surface area contributed by atoms with Crippen molar-refractivity contribution in [1.29, 1.82) is 0 Å². The van der Waals surface area contributed by atoms with E-state index >= 15 is 0 Å². The molecule has 1 N–H and O–H groups in total. The number of amides is 1. The number of carboxylic acids is 1. The van der Waals surface area contributed by atoms with Crippen LogP contribution in [0.25, 0.3) is 0 Å². The van der Waals surface area contributed by atoms with E-state index in [0.29, 0.717) is 12.6 Å². The Hall–Kier alpha value is -1.10. The molecule has 1 heterocycles. The molecule has 0 aromatic heterocycles. The molecule has 5 heteroatoms. The van der Waals surface area contributed by atoms with Crippen LogP contribution in [0.15, 0.2) is 0 Å². The molecule has 0 aromatic carbocycles. The summed E-state index contributed by atoms with van der Waals surface area (Å²) in [6.07, 6.45) is 8.69. The van der Waals surface area contributed by atoms with Crippen LogP contribution >= 0.6 is 0 Å². The highest BCUT2D eigenvalue weighted by Crippen LogP contribution is 2.49. The van der Waals surface area contributed by atoms with Crippen molar-refractivity contribution in [2.75, 3.05) is 20.1 Å². The molecule has 3 atom stereocenters. The molecule has 3 fully saturated rings. The fourth-order valence-electron chi connectivity index (χ4n) is 5.07. The first-order valence-corrected chi connectivity index (χ1v) is 9.20. The predicted molar refractivity (Wildman–Crippen MR) is 88.1 cm³/mol. The van der Waals surface area contributed by atoms with Gasteiger partial charge in [0.1, 0.15) is 0 Å². The molecule has 0 spiro atoms. The van der Waals surface area contributed by atoms with Gasteiger partial charge in [-0.15, -0.1) is 0 Å². The van der Waals surface area contributed by atoms with Gasteiger partial charge in [-0.25, -0.2) is 0 Å². The summed E-state index contributed by atoms with van der Waals surface area (Å²) in [6.45, 7) is 3.26. The molecule has 1 aliphatic heterocycles. The molecule has 0 radical (unpaired) electrons. The number of carboxylic acid groups (broad SMARTS) is 1.